The molecule has 2 aromatic carbocycles. The molecule has 0 spiro atoms. The molecule has 2 aromatic rings. The molecule has 0 fully saturated rings. The number of aliphatic hydroxyl groups excluding tert-OH is 1. The van der Waals surface area contributed by atoms with E-state index in [2.05, 4.69) is 0 Å². The van der Waals surface area contributed by atoms with E-state index in [1.54, 1.807) is 48.5 Å². The Balaban J connectivity index is 0.00000144. The number of hydrogen-bond donors (Lipinski definition) is 1. The maximum Gasteiger partial charge on any atom is 0.195 e. The number of ketones is 1. The molecule has 0 heterocycles. The van der Waals surface area contributed by atoms with Gasteiger partial charge in [-0.25, -0.2) is 0 Å². The molecule has 2 rings (SSSR count). The maximum atomic E-state index is 11.9. The van der Waals surface area contributed by atoms with Crippen LogP contribution in [-0.4, -0.2) is 34.8 Å². The molecule has 1 N–H and O–H groups in total. The standard InChI is InChI=1S/C14H12O2.Sn/c15-13(11-7-3-1-4-8-11)14(16)12-9-5-2-6-10-12;/h1-10,13,15H;. The minimum atomic E-state index is -1.08. The first-order valence-electron chi connectivity index (χ1n) is 5.11. The van der Waals surface area contributed by atoms with Crippen molar-refractivity contribution in [3.63, 3.8) is 0 Å². The first-order valence-corrected chi connectivity index (χ1v) is 5.11. The molecule has 0 aliphatic rings. The molecular formula is C14H12O2Sn. The smallest absolute Gasteiger partial charge is 0.195 e. The molecule has 0 amide bonds. The van der Waals surface area contributed by atoms with Gasteiger partial charge in [0.05, 0.1) is 0 Å². The van der Waals surface area contributed by atoms with Crippen LogP contribution in [0.4, 0.5) is 0 Å². The Hall–Kier alpha value is -1.13. The number of aliphatic hydroxyl groups is 1. The molecule has 0 bridgehead atoms. The molecule has 3 heteroatoms. The van der Waals surface area contributed by atoms with E-state index in [1.165, 1.54) is 0 Å². The summed E-state index contributed by atoms with van der Waals surface area (Å²) in [4.78, 5) is 11.9. The van der Waals surface area contributed by atoms with Gasteiger partial charge >= 0.3 is 0 Å². The van der Waals surface area contributed by atoms with Crippen molar-refractivity contribution >= 4 is 29.7 Å². The summed E-state index contributed by atoms with van der Waals surface area (Å²) in [6, 6.07) is 17.7. The average Bonchev–Trinajstić information content (AvgIpc) is 2.39. The van der Waals surface area contributed by atoms with Gasteiger partial charge in [-0.3, -0.25) is 4.79 Å². The molecule has 0 aromatic heterocycles. The van der Waals surface area contributed by atoms with E-state index in [9.17, 15) is 9.90 Å². The number of carbonyl (C=O) groups excluding carboxylic acids is 1. The summed E-state index contributed by atoms with van der Waals surface area (Å²) in [6.07, 6.45) is -1.08. The van der Waals surface area contributed by atoms with Crippen LogP contribution in [0.15, 0.2) is 60.7 Å². The van der Waals surface area contributed by atoms with Crippen molar-refractivity contribution in [2.75, 3.05) is 0 Å². The van der Waals surface area contributed by atoms with E-state index >= 15 is 0 Å². The summed E-state index contributed by atoms with van der Waals surface area (Å²) in [7, 11) is 0. The summed E-state index contributed by atoms with van der Waals surface area (Å²) in [6.45, 7) is 0. The van der Waals surface area contributed by atoms with Crippen LogP contribution in [0.1, 0.15) is 22.0 Å². The third kappa shape index (κ3) is 3.41. The molecule has 1 unspecified atom stereocenters. The van der Waals surface area contributed by atoms with Gasteiger partial charge in [0.25, 0.3) is 0 Å². The van der Waals surface area contributed by atoms with Crippen LogP contribution in [0.3, 0.4) is 0 Å². The van der Waals surface area contributed by atoms with E-state index in [0.717, 1.165) is 0 Å². The number of Topliss-reactive ketones (excluding diaryl/α,β-unsaturated/α-hetero) is 1. The van der Waals surface area contributed by atoms with Gasteiger partial charge in [-0.2, -0.15) is 0 Å². The number of benzene rings is 2. The summed E-state index contributed by atoms with van der Waals surface area (Å²) in [5.41, 5.74) is 1.15. The minimum absolute atomic E-state index is 0. The topological polar surface area (TPSA) is 37.3 Å². The summed E-state index contributed by atoms with van der Waals surface area (Å²) >= 11 is 0. The van der Waals surface area contributed by atoms with Crippen molar-refractivity contribution in [3.05, 3.63) is 71.8 Å². The third-order valence-corrected chi connectivity index (χ3v) is 2.42. The second kappa shape index (κ2) is 6.57. The van der Waals surface area contributed by atoms with Crippen LogP contribution in [0, 0.1) is 0 Å². The molecule has 0 saturated heterocycles. The molecule has 2 nitrogen and oxygen atoms in total. The van der Waals surface area contributed by atoms with Gasteiger partial charge in [-0.1, -0.05) is 60.7 Å². The van der Waals surface area contributed by atoms with Gasteiger partial charge in [0.2, 0.25) is 0 Å². The van der Waals surface area contributed by atoms with Crippen LogP contribution in [-0.2, 0) is 0 Å². The Kier molecular flexibility index (Phi) is 5.38. The molecule has 0 saturated carbocycles. The van der Waals surface area contributed by atoms with Gasteiger partial charge in [-0.05, 0) is 5.56 Å². The second-order valence-electron chi connectivity index (χ2n) is 3.54. The Morgan fingerprint density at radius 2 is 1.35 bits per heavy atom. The zero-order chi connectivity index (χ0) is 11.4. The zero-order valence-corrected chi connectivity index (χ0v) is 12.1. The number of rotatable bonds is 3. The maximum absolute atomic E-state index is 11.9. The van der Waals surface area contributed by atoms with Crippen molar-refractivity contribution in [1.29, 1.82) is 0 Å². The zero-order valence-electron chi connectivity index (χ0n) is 9.21. The van der Waals surface area contributed by atoms with Gasteiger partial charge in [0.15, 0.2) is 5.78 Å². The number of hydrogen-bond acceptors (Lipinski definition) is 2. The first kappa shape index (κ1) is 13.9. The van der Waals surface area contributed by atoms with Crippen LogP contribution >= 0.6 is 0 Å². The van der Waals surface area contributed by atoms with Gasteiger partial charge in [0, 0.05) is 29.5 Å². The fourth-order valence-corrected chi connectivity index (χ4v) is 1.55. The summed E-state index contributed by atoms with van der Waals surface area (Å²) in [5.74, 6) is -0.271. The van der Waals surface area contributed by atoms with Gasteiger partial charge in [0.1, 0.15) is 6.10 Å². The average molecular weight is 331 g/mol. The Morgan fingerprint density at radius 1 is 0.882 bits per heavy atom. The Labute approximate surface area is 117 Å². The third-order valence-electron chi connectivity index (χ3n) is 2.42. The molecule has 4 radical (unpaired) electrons. The van der Waals surface area contributed by atoms with Crippen molar-refractivity contribution in [1.82, 2.24) is 0 Å². The van der Waals surface area contributed by atoms with Gasteiger partial charge < -0.3 is 5.11 Å². The molecule has 17 heavy (non-hydrogen) atoms. The van der Waals surface area contributed by atoms with Crippen LogP contribution in [0.25, 0.3) is 0 Å². The molecular weight excluding hydrogens is 319 g/mol. The fraction of sp³-hybridized carbons (Fsp3) is 0.0714. The van der Waals surface area contributed by atoms with Crippen molar-refractivity contribution in [2.45, 2.75) is 6.10 Å². The summed E-state index contributed by atoms with van der Waals surface area (Å²) < 4.78 is 0. The van der Waals surface area contributed by atoms with Crippen LogP contribution in [0.2, 0.25) is 0 Å². The monoisotopic (exact) mass is 332 g/mol. The van der Waals surface area contributed by atoms with E-state index in [0.29, 0.717) is 11.1 Å². The van der Waals surface area contributed by atoms with E-state index in [1.807, 2.05) is 12.1 Å². The Bertz CT molecular complexity index is 468. The van der Waals surface area contributed by atoms with E-state index < -0.39 is 6.10 Å². The number of carbonyl (C=O) groups is 1. The predicted molar refractivity (Wildman–Crippen MR) is 67.9 cm³/mol. The van der Waals surface area contributed by atoms with E-state index in [-0.39, 0.29) is 29.7 Å². The summed E-state index contributed by atoms with van der Waals surface area (Å²) in [5, 5.41) is 9.89. The predicted octanol–water partition coefficient (Wildman–Crippen LogP) is 2.22. The second-order valence-corrected chi connectivity index (χ2v) is 3.54. The fourth-order valence-electron chi connectivity index (χ4n) is 1.55. The normalized spacial score (nSPS) is 11.4. The molecule has 1 atom stereocenters. The first-order chi connectivity index (χ1) is 7.79. The van der Waals surface area contributed by atoms with Crippen LogP contribution in [0.5, 0.6) is 0 Å². The molecule has 0 aliphatic carbocycles. The quantitative estimate of drug-likeness (QED) is 0.692. The van der Waals surface area contributed by atoms with Crippen molar-refractivity contribution in [3.8, 4) is 0 Å². The SMILES string of the molecule is O=C(c1ccccc1)C(O)c1ccccc1.[Sn]. The Morgan fingerprint density at radius 3 is 1.88 bits per heavy atom. The minimum Gasteiger partial charge on any atom is -0.380 e. The molecule has 84 valence electrons. The van der Waals surface area contributed by atoms with Crippen molar-refractivity contribution < 1.29 is 9.90 Å². The van der Waals surface area contributed by atoms with Crippen molar-refractivity contribution in [2.24, 2.45) is 0 Å². The van der Waals surface area contributed by atoms with Gasteiger partial charge in [-0.15, -0.1) is 0 Å². The van der Waals surface area contributed by atoms with Crippen LogP contribution < -0.4 is 0 Å². The van der Waals surface area contributed by atoms with E-state index in [4.69, 9.17) is 0 Å². The molecule has 0 aliphatic heterocycles. The largest absolute Gasteiger partial charge is 0.380 e.